The Hall–Kier alpha value is -4.56. The molecule has 0 N–H and O–H groups in total. The van der Waals surface area contributed by atoms with Gasteiger partial charge >= 0.3 is 103 Å². The Morgan fingerprint density at radius 3 is 0.628 bits per heavy atom. The maximum atomic E-state index is 12.9. The Balaban J connectivity index is 0.000000234. The van der Waals surface area contributed by atoms with Crippen LogP contribution in [-0.2, 0) is 62.6 Å². The fourth-order valence-electron chi connectivity index (χ4n) is 7.90. The summed E-state index contributed by atoms with van der Waals surface area (Å²) in [5, 5.41) is 4.78. The summed E-state index contributed by atoms with van der Waals surface area (Å²) in [7, 11) is -3.96. The van der Waals surface area contributed by atoms with E-state index >= 15 is 0 Å². The summed E-state index contributed by atoms with van der Waals surface area (Å²) < 4.78 is 232. The first kappa shape index (κ1) is 72.2. The van der Waals surface area contributed by atoms with E-state index in [9.17, 15) is 79.0 Å². The quantitative estimate of drug-likeness (QED) is 0.0607. The number of halogens is 20. The van der Waals surface area contributed by atoms with Gasteiger partial charge < -0.3 is 0 Å². The first-order valence-corrected chi connectivity index (χ1v) is 34.2. The number of hydrogen-bond acceptors (Lipinski definition) is 1. The molecule has 0 bridgehead atoms. The van der Waals surface area contributed by atoms with Gasteiger partial charge in [-0.25, -0.2) is 0 Å². The average molecular weight is 1590 g/mol. The Morgan fingerprint density at radius 1 is 0.267 bits per heavy atom. The predicted octanol–water partition coefficient (Wildman–Crippen LogP) is 17.9. The van der Waals surface area contributed by atoms with Gasteiger partial charge in [-0.2, -0.15) is 79.0 Å². The molecule has 0 saturated heterocycles. The van der Waals surface area contributed by atoms with Crippen molar-refractivity contribution in [3.05, 3.63) is 264 Å². The van der Waals surface area contributed by atoms with Crippen LogP contribution >= 0.6 is 64.5 Å². The van der Waals surface area contributed by atoms with Crippen molar-refractivity contribution < 1.29 is 105 Å². The standard InChI is InChI=1S/2C21H12F9P.C18H16NP.2Cu.2HI/c2*22-19(23,24)13-1-7-16(8-2-13)31(17-9-3-14(4-10-17)20(25,26)27)18-11-5-15(6-12-18)21(28,29)30;1-15-12-13-19-18(14-15)20(16-8-4-2-5-9-16)17-10-6-3-7-11-17;;;;/h2*1-12H;2-14H,1H3;;;2*1H/q;;;2*+1;;/p-2. The van der Waals surface area contributed by atoms with Gasteiger partial charge in [0.25, 0.3) is 0 Å². The zero-order valence-corrected chi connectivity index (χ0v) is 52.2. The Kier molecular flexibility index (Phi) is 26.7. The van der Waals surface area contributed by atoms with Gasteiger partial charge in [0.1, 0.15) is 0 Å². The second-order valence-corrected chi connectivity index (χ2v) is 24.2. The van der Waals surface area contributed by atoms with Crippen molar-refractivity contribution in [2.75, 3.05) is 0 Å². The van der Waals surface area contributed by atoms with Gasteiger partial charge in [0.15, 0.2) is 0 Å². The molecule has 26 heteroatoms. The van der Waals surface area contributed by atoms with E-state index < -0.39 is 94.2 Å². The van der Waals surface area contributed by atoms with E-state index in [1.807, 2.05) is 12.3 Å². The summed E-state index contributed by atoms with van der Waals surface area (Å²) in [5.41, 5.74) is -3.04. The second-order valence-electron chi connectivity index (χ2n) is 17.6. The van der Waals surface area contributed by atoms with Crippen LogP contribution in [0.4, 0.5) is 79.0 Å². The zero-order valence-electron chi connectivity index (χ0n) is 43.3. The van der Waals surface area contributed by atoms with Crippen molar-refractivity contribution in [3.63, 3.8) is 0 Å². The van der Waals surface area contributed by atoms with Crippen molar-refractivity contribution in [1.29, 1.82) is 0 Å². The van der Waals surface area contributed by atoms with Gasteiger partial charge in [-0.15, -0.1) is 0 Å². The molecule has 8 aromatic carbocycles. The van der Waals surface area contributed by atoms with Gasteiger partial charge in [0.05, 0.1) is 38.8 Å². The average Bonchev–Trinajstić information content (AvgIpc) is 1.67. The molecule has 0 fully saturated rings. The van der Waals surface area contributed by atoms with Crippen molar-refractivity contribution in [3.8, 4) is 0 Å². The summed E-state index contributed by atoms with van der Waals surface area (Å²) in [4.78, 5) is 4.62. The van der Waals surface area contributed by atoms with Crippen LogP contribution in [0.25, 0.3) is 0 Å². The summed E-state index contributed by atoms with van der Waals surface area (Å²) in [6.45, 7) is 2.12. The second kappa shape index (κ2) is 31.8. The van der Waals surface area contributed by atoms with Gasteiger partial charge in [-0.1, -0.05) is 133 Å². The van der Waals surface area contributed by atoms with Crippen molar-refractivity contribution in [2.45, 2.75) is 44.0 Å². The molecule has 0 radical (unpaired) electrons. The Bertz CT molecular complexity index is 3000. The van der Waals surface area contributed by atoms with Gasteiger partial charge in [0, 0.05) is 14.1 Å². The molecule has 0 unspecified atom stereocenters. The SMILES string of the molecule is Cc1ccnc(P(c2ccccc2)c2ccccc2)c1.FC(F)(F)c1ccc(P(c2ccc(C(F)(F)F)cc2)c2ccc(C(F)(F)F)cc2)cc1.FC(F)(F)c1ccc(P(c2ccc(C(F)(F)F)cc2)c2ccc(C(F)(F)F)cc2)cc1.[Cu][I].[Cu][I]. The molecular formula is C60H40Cu2F18I2NP3. The van der Waals surface area contributed by atoms with Crippen molar-refractivity contribution in [2.24, 2.45) is 0 Å². The van der Waals surface area contributed by atoms with E-state index in [0.29, 0.717) is 31.8 Å². The molecule has 0 spiro atoms. The molecule has 0 aliphatic carbocycles. The molecule has 0 aliphatic rings. The number of aromatic nitrogens is 1. The summed E-state index contributed by atoms with van der Waals surface area (Å²) >= 11 is 11.7. The molecule has 0 atom stereocenters. The Labute approximate surface area is 525 Å². The molecule has 1 aromatic heterocycles. The molecular weight excluding hydrogens is 1550 g/mol. The van der Waals surface area contributed by atoms with Crippen molar-refractivity contribution >= 4 is 112 Å². The number of pyridine rings is 1. The fourth-order valence-corrected chi connectivity index (χ4v) is 14.7. The molecule has 9 rings (SSSR count). The summed E-state index contributed by atoms with van der Waals surface area (Å²) in [6.07, 6.45) is -25.6. The van der Waals surface area contributed by atoms with Crippen LogP contribution in [0.2, 0.25) is 0 Å². The van der Waals surface area contributed by atoms with E-state index in [0.717, 1.165) is 78.2 Å². The molecule has 1 heterocycles. The van der Waals surface area contributed by atoms with E-state index in [2.05, 4.69) is 104 Å². The molecule has 462 valence electrons. The van der Waals surface area contributed by atoms with E-state index in [1.165, 1.54) is 89.0 Å². The van der Waals surface area contributed by atoms with Crippen LogP contribution in [0.1, 0.15) is 38.9 Å². The molecule has 86 heavy (non-hydrogen) atoms. The third-order valence-electron chi connectivity index (χ3n) is 11.9. The van der Waals surface area contributed by atoms with Crippen LogP contribution in [0.15, 0.2) is 225 Å². The van der Waals surface area contributed by atoms with Gasteiger partial charge in [0.2, 0.25) is 0 Å². The summed E-state index contributed by atoms with van der Waals surface area (Å²) in [5.74, 6) is 0. The third kappa shape index (κ3) is 20.8. The van der Waals surface area contributed by atoms with Crippen LogP contribution in [-0.4, -0.2) is 4.98 Å². The van der Waals surface area contributed by atoms with Gasteiger partial charge in [-0.05, 0) is 156 Å². The number of benzene rings is 8. The van der Waals surface area contributed by atoms with Gasteiger partial charge in [-0.3, -0.25) is 4.98 Å². The molecule has 0 amide bonds. The molecule has 0 aliphatic heterocycles. The minimum atomic E-state index is -4.58. The molecule has 1 nitrogen and oxygen atoms in total. The first-order valence-electron chi connectivity index (χ1n) is 24.1. The summed E-state index contributed by atoms with van der Waals surface area (Å²) in [6, 6.07) is 49.8. The predicted molar refractivity (Wildman–Crippen MR) is 316 cm³/mol. The third-order valence-corrected chi connectivity index (χ3v) is 19.1. The number of hydrogen-bond donors (Lipinski definition) is 0. The normalized spacial score (nSPS) is 12.0. The fraction of sp³-hybridized carbons (Fsp3) is 0.117. The van der Waals surface area contributed by atoms with Crippen LogP contribution in [0, 0.1) is 6.92 Å². The van der Waals surface area contributed by atoms with E-state index in [-0.39, 0.29) is 0 Å². The number of aryl methyl sites for hydroxylation is 1. The number of rotatable bonds is 9. The van der Waals surface area contributed by atoms with E-state index in [4.69, 9.17) is 0 Å². The number of alkyl halides is 18. The zero-order chi connectivity index (χ0) is 63.8. The van der Waals surface area contributed by atoms with Crippen LogP contribution in [0.3, 0.4) is 0 Å². The molecule has 9 aromatic rings. The van der Waals surface area contributed by atoms with Crippen LogP contribution < -0.4 is 47.9 Å². The topological polar surface area (TPSA) is 12.9 Å². The van der Waals surface area contributed by atoms with Crippen LogP contribution in [0.5, 0.6) is 0 Å². The minimum absolute atomic E-state index is 0.350. The number of nitrogens with zero attached hydrogens (tertiary/aromatic N) is 1. The monoisotopic (exact) mass is 1590 g/mol. The molecule has 0 saturated carbocycles. The van der Waals surface area contributed by atoms with E-state index in [1.54, 1.807) is 40.7 Å². The van der Waals surface area contributed by atoms with Crippen molar-refractivity contribution in [1.82, 2.24) is 4.98 Å². The Morgan fingerprint density at radius 2 is 0.453 bits per heavy atom. The first-order chi connectivity index (χ1) is 40.4. The maximum absolute atomic E-state index is 12.9.